The molecule has 1 aliphatic heterocycles. The molecule has 1 saturated heterocycles. The van der Waals surface area contributed by atoms with Crippen molar-refractivity contribution in [2.24, 2.45) is 5.73 Å². The van der Waals surface area contributed by atoms with E-state index in [0.29, 0.717) is 42.6 Å². The fourth-order valence-electron chi connectivity index (χ4n) is 4.74. The Morgan fingerprint density at radius 1 is 1.12 bits per heavy atom. The molecular formula is C28H27F3N6O4. The number of rotatable bonds is 6. The summed E-state index contributed by atoms with van der Waals surface area (Å²) in [4.78, 5) is 39.9. The number of pyridine rings is 2. The van der Waals surface area contributed by atoms with Crippen LogP contribution in [0.1, 0.15) is 58.2 Å². The number of aromatic nitrogens is 3. The van der Waals surface area contributed by atoms with Crippen LogP contribution in [0.25, 0.3) is 22.4 Å². The molecule has 1 aromatic carbocycles. The van der Waals surface area contributed by atoms with E-state index in [1.54, 1.807) is 42.3 Å². The first kappa shape index (κ1) is 28.0. The number of nitrogens with one attached hydrogen (secondary N) is 1. The largest absolute Gasteiger partial charge is 0.494 e. The van der Waals surface area contributed by atoms with E-state index >= 15 is 0 Å². The van der Waals surface area contributed by atoms with Gasteiger partial charge in [0, 0.05) is 36.3 Å². The van der Waals surface area contributed by atoms with Crippen molar-refractivity contribution >= 4 is 22.7 Å². The van der Waals surface area contributed by atoms with E-state index in [9.17, 15) is 22.8 Å². The Kier molecular flexibility index (Phi) is 7.63. The Hall–Kier alpha value is -4.52. The Morgan fingerprint density at radius 2 is 1.88 bits per heavy atom. The topological polar surface area (TPSA) is 136 Å². The fraction of sp³-hybridized carbons (Fsp3) is 0.321. The van der Waals surface area contributed by atoms with Crippen LogP contribution in [-0.2, 0) is 6.18 Å². The number of oxazole rings is 1. The number of nitrogens with two attached hydrogens (primary N) is 1. The average Bonchev–Trinajstić information content (AvgIpc) is 3.42. The van der Waals surface area contributed by atoms with Gasteiger partial charge in [-0.3, -0.25) is 14.6 Å². The molecule has 1 atom stereocenters. The highest BCUT2D eigenvalue weighted by Crippen LogP contribution is 2.37. The van der Waals surface area contributed by atoms with Gasteiger partial charge in [0.15, 0.2) is 11.5 Å². The predicted molar refractivity (Wildman–Crippen MR) is 142 cm³/mol. The second-order valence-electron chi connectivity index (χ2n) is 9.68. The highest BCUT2D eigenvalue weighted by molar-refractivity contribution is 5.98. The first-order chi connectivity index (χ1) is 19.6. The molecule has 10 nitrogen and oxygen atoms in total. The smallest absolute Gasteiger partial charge is 0.433 e. The van der Waals surface area contributed by atoms with Crippen molar-refractivity contribution in [3.63, 3.8) is 0 Å². The van der Waals surface area contributed by atoms with Crippen LogP contribution in [0, 0.1) is 0 Å². The van der Waals surface area contributed by atoms with Gasteiger partial charge in [0.1, 0.15) is 22.7 Å². The zero-order valence-corrected chi connectivity index (χ0v) is 22.2. The maximum absolute atomic E-state index is 13.5. The fourth-order valence-corrected chi connectivity index (χ4v) is 4.74. The van der Waals surface area contributed by atoms with Crippen LogP contribution >= 0.6 is 0 Å². The van der Waals surface area contributed by atoms with Gasteiger partial charge in [-0.2, -0.15) is 13.2 Å². The summed E-state index contributed by atoms with van der Waals surface area (Å²) in [5.74, 6) is -0.355. The number of alkyl halides is 3. The first-order valence-corrected chi connectivity index (χ1v) is 12.9. The second-order valence-corrected chi connectivity index (χ2v) is 9.68. The maximum atomic E-state index is 13.5. The summed E-state index contributed by atoms with van der Waals surface area (Å²) in [7, 11) is 1.33. The summed E-state index contributed by atoms with van der Waals surface area (Å²) in [6, 6.07) is 9.44. The quantitative estimate of drug-likeness (QED) is 0.350. The van der Waals surface area contributed by atoms with Gasteiger partial charge in [0.05, 0.1) is 13.2 Å². The highest BCUT2D eigenvalue weighted by Gasteiger charge is 2.34. The SMILES string of the molecule is COc1ccc(-c2nc(C(=O)N3CCC(NC(=O)c4ccccn4)CC3)c([C@H](C)N)o2)c2ccc(C(F)(F)F)nc12. The number of likely N-dealkylation sites (tertiary alicyclic amines) is 1. The molecule has 13 heteroatoms. The lowest BCUT2D eigenvalue weighted by atomic mass is 10.0. The Morgan fingerprint density at radius 3 is 2.51 bits per heavy atom. The third-order valence-corrected chi connectivity index (χ3v) is 6.85. The number of benzene rings is 1. The minimum atomic E-state index is -4.64. The molecule has 1 fully saturated rings. The number of halogens is 3. The van der Waals surface area contributed by atoms with Gasteiger partial charge < -0.3 is 25.1 Å². The molecule has 4 heterocycles. The lowest BCUT2D eigenvalue weighted by molar-refractivity contribution is -0.140. The van der Waals surface area contributed by atoms with Crippen LogP contribution in [0.4, 0.5) is 13.2 Å². The second kappa shape index (κ2) is 11.2. The number of piperidine rings is 1. The van der Waals surface area contributed by atoms with Crippen molar-refractivity contribution < 1.29 is 31.9 Å². The van der Waals surface area contributed by atoms with E-state index in [2.05, 4.69) is 20.3 Å². The van der Waals surface area contributed by atoms with Crippen molar-refractivity contribution in [1.82, 2.24) is 25.2 Å². The van der Waals surface area contributed by atoms with Crippen LogP contribution < -0.4 is 15.8 Å². The van der Waals surface area contributed by atoms with Gasteiger partial charge in [-0.1, -0.05) is 6.07 Å². The highest BCUT2D eigenvalue weighted by atomic mass is 19.4. The van der Waals surface area contributed by atoms with Crippen molar-refractivity contribution in [3.05, 3.63) is 71.5 Å². The lowest BCUT2D eigenvalue weighted by Crippen LogP contribution is -2.47. The van der Waals surface area contributed by atoms with Crippen LogP contribution in [-0.4, -0.2) is 57.9 Å². The zero-order chi connectivity index (χ0) is 29.3. The normalized spacial score (nSPS) is 15.1. The number of amides is 2. The molecule has 214 valence electrons. The van der Waals surface area contributed by atoms with Crippen LogP contribution in [0.2, 0.25) is 0 Å². The molecule has 3 N–H and O–H groups in total. The van der Waals surface area contributed by atoms with Gasteiger partial charge in [0.2, 0.25) is 5.89 Å². The summed E-state index contributed by atoms with van der Waals surface area (Å²) < 4.78 is 51.2. The molecule has 0 radical (unpaired) electrons. The van der Waals surface area contributed by atoms with E-state index in [4.69, 9.17) is 14.9 Å². The third-order valence-electron chi connectivity index (χ3n) is 6.85. The molecule has 3 aromatic heterocycles. The standard InChI is InChI=1S/C28H27F3N6O4/c1-15(32)24-23(27(39)37-13-10-16(11-14-37)34-25(38)19-5-3-4-12-33-19)36-26(41-24)18-6-8-20(40-2)22-17(18)7-9-21(35-22)28(29,30)31/h3-9,12,15-16H,10-11,13-14,32H2,1-2H3,(H,34,38)/t15-/m0/s1. The monoisotopic (exact) mass is 568 g/mol. The summed E-state index contributed by atoms with van der Waals surface area (Å²) in [5.41, 5.74) is 5.69. The summed E-state index contributed by atoms with van der Waals surface area (Å²) >= 11 is 0. The van der Waals surface area contributed by atoms with Crippen LogP contribution in [0.3, 0.4) is 0 Å². The minimum Gasteiger partial charge on any atom is -0.494 e. The molecule has 2 amide bonds. The maximum Gasteiger partial charge on any atom is 0.433 e. The number of methoxy groups -OCH3 is 1. The van der Waals surface area contributed by atoms with Crippen molar-refractivity contribution in [2.75, 3.05) is 20.2 Å². The van der Waals surface area contributed by atoms with E-state index in [-0.39, 0.29) is 40.6 Å². The Bertz CT molecular complexity index is 1580. The molecular weight excluding hydrogens is 541 g/mol. The van der Waals surface area contributed by atoms with Gasteiger partial charge in [-0.25, -0.2) is 9.97 Å². The molecule has 0 aliphatic carbocycles. The number of ether oxygens (including phenoxy) is 1. The van der Waals surface area contributed by atoms with E-state index in [0.717, 1.165) is 6.07 Å². The molecule has 4 aromatic rings. The van der Waals surface area contributed by atoms with Crippen molar-refractivity contribution in [2.45, 2.75) is 38.0 Å². The number of hydrogen-bond donors (Lipinski definition) is 2. The van der Waals surface area contributed by atoms with E-state index in [1.807, 2.05) is 0 Å². The molecule has 0 bridgehead atoms. The predicted octanol–water partition coefficient (Wildman–Crippen LogP) is 4.37. The number of carbonyl (C=O) groups is 2. The summed E-state index contributed by atoms with van der Waals surface area (Å²) in [6.07, 6.45) is -2.05. The van der Waals surface area contributed by atoms with Crippen LogP contribution in [0.15, 0.2) is 53.1 Å². The molecule has 0 saturated carbocycles. The molecule has 5 rings (SSSR count). The molecule has 41 heavy (non-hydrogen) atoms. The number of carbonyl (C=O) groups excluding carboxylic acids is 2. The number of fused-ring (bicyclic) bond motifs is 1. The minimum absolute atomic E-state index is 0.0207. The number of hydrogen-bond acceptors (Lipinski definition) is 8. The average molecular weight is 569 g/mol. The van der Waals surface area contributed by atoms with Gasteiger partial charge in [-0.15, -0.1) is 0 Å². The summed E-state index contributed by atoms with van der Waals surface area (Å²) in [6.45, 7) is 2.37. The first-order valence-electron chi connectivity index (χ1n) is 12.9. The molecule has 1 aliphatic rings. The lowest BCUT2D eigenvalue weighted by Gasteiger charge is -2.32. The Labute approximate surface area is 232 Å². The summed E-state index contributed by atoms with van der Waals surface area (Å²) in [5, 5.41) is 3.25. The van der Waals surface area contributed by atoms with Gasteiger partial charge in [-0.05, 0) is 56.2 Å². The molecule has 0 spiro atoms. The third kappa shape index (κ3) is 5.71. The number of nitrogens with zero attached hydrogens (tertiary/aromatic N) is 4. The van der Waals surface area contributed by atoms with E-state index < -0.39 is 23.8 Å². The van der Waals surface area contributed by atoms with Crippen molar-refractivity contribution in [3.8, 4) is 17.2 Å². The molecule has 0 unspecified atom stereocenters. The van der Waals surface area contributed by atoms with Gasteiger partial charge >= 0.3 is 6.18 Å². The van der Waals surface area contributed by atoms with E-state index in [1.165, 1.54) is 19.2 Å². The van der Waals surface area contributed by atoms with Gasteiger partial charge in [0.25, 0.3) is 11.8 Å². The van der Waals surface area contributed by atoms with Crippen LogP contribution in [0.5, 0.6) is 5.75 Å². The van der Waals surface area contributed by atoms with Crippen molar-refractivity contribution in [1.29, 1.82) is 0 Å². The zero-order valence-electron chi connectivity index (χ0n) is 22.2. The Balaban J connectivity index is 1.39.